The van der Waals surface area contributed by atoms with Crippen molar-refractivity contribution in [1.82, 2.24) is 10.3 Å². The fraction of sp³-hybridized carbons (Fsp3) is 0.786. The van der Waals surface area contributed by atoms with E-state index in [1.807, 2.05) is 11.3 Å². The summed E-state index contributed by atoms with van der Waals surface area (Å²) in [6.07, 6.45) is 5.24. The maximum atomic E-state index is 4.90. The van der Waals surface area contributed by atoms with Crippen LogP contribution in [-0.2, 0) is 13.0 Å². The van der Waals surface area contributed by atoms with Crippen molar-refractivity contribution in [3.63, 3.8) is 0 Å². The molecule has 3 heteroatoms. The highest BCUT2D eigenvalue weighted by atomic mass is 32.1. The van der Waals surface area contributed by atoms with E-state index in [4.69, 9.17) is 4.98 Å². The molecule has 0 amide bonds. The van der Waals surface area contributed by atoms with Gasteiger partial charge in [-0.25, -0.2) is 4.98 Å². The van der Waals surface area contributed by atoms with E-state index < -0.39 is 0 Å². The zero-order valence-corrected chi connectivity index (χ0v) is 12.1. The summed E-state index contributed by atoms with van der Waals surface area (Å²) in [6.45, 7) is 8.76. The van der Waals surface area contributed by atoms with Crippen LogP contribution in [0.4, 0.5) is 0 Å². The van der Waals surface area contributed by atoms with Gasteiger partial charge in [-0.15, -0.1) is 11.3 Å². The molecule has 0 aliphatic heterocycles. The third-order valence-electron chi connectivity index (χ3n) is 3.39. The minimum absolute atomic E-state index is 0.701. The zero-order chi connectivity index (χ0) is 12.3. The van der Waals surface area contributed by atoms with Crippen molar-refractivity contribution in [3.05, 3.63) is 15.6 Å². The number of hydrogen-bond acceptors (Lipinski definition) is 3. The molecule has 17 heavy (non-hydrogen) atoms. The van der Waals surface area contributed by atoms with Crippen molar-refractivity contribution in [1.29, 1.82) is 0 Å². The summed E-state index contributed by atoms with van der Waals surface area (Å²) in [5.74, 6) is 1.48. The topological polar surface area (TPSA) is 24.9 Å². The van der Waals surface area contributed by atoms with E-state index in [1.165, 1.54) is 34.8 Å². The molecule has 0 aromatic carbocycles. The minimum Gasteiger partial charge on any atom is -0.312 e. The Balaban J connectivity index is 2.11. The second kappa shape index (κ2) is 5.96. The standard InChI is InChI=1S/C14H24N2S/c1-4-15-9-13-12(8-10(2)3)16-14(17-13)11-6-5-7-11/h10-11,15H,4-9H2,1-3H3. The van der Waals surface area contributed by atoms with Crippen LogP contribution in [0, 0.1) is 5.92 Å². The van der Waals surface area contributed by atoms with Gasteiger partial charge in [0.25, 0.3) is 0 Å². The second-order valence-electron chi connectivity index (χ2n) is 5.43. The third-order valence-corrected chi connectivity index (χ3v) is 4.65. The molecule has 96 valence electrons. The highest BCUT2D eigenvalue weighted by Gasteiger charge is 2.24. The van der Waals surface area contributed by atoms with Gasteiger partial charge in [-0.2, -0.15) is 0 Å². The van der Waals surface area contributed by atoms with Crippen LogP contribution in [0.25, 0.3) is 0 Å². The summed E-state index contributed by atoms with van der Waals surface area (Å²) >= 11 is 1.95. The average molecular weight is 252 g/mol. The fourth-order valence-electron chi connectivity index (χ4n) is 2.16. The largest absolute Gasteiger partial charge is 0.312 e. The van der Waals surface area contributed by atoms with Crippen molar-refractivity contribution >= 4 is 11.3 Å². The van der Waals surface area contributed by atoms with E-state index in [0.29, 0.717) is 5.92 Å². The van der Waals surface area contributed by atoms with Crippen LogP contribution in [0.2, 0.25) is 0 Å². The summed E-state index contributed by atoms with van der Waals surface area (Å²) in [6, 6.07) is 0. The molecule has 0 bridgehead atoms. The van der Waals surface area contributed by atoms with Crippen molar-refractivity contribution in [2.75, 3.05) is 6.54 Å². The first-order valence-electron chi connectivity index (χ1n) is 6.89. The molecule has 1 aliphatic carbocycles. The summed E-state index contributed by atoms with van der Waals surface area (Å²) in [5.41, 5.74) is 1.35. The quantitative estimate of drug-likeness (QED) is 0.834. The molecule has 0 saturated heterocycles. The van der Waals surface area contributed by atoms with Gasteiger partial charge < -0.3 is 5.32 Å². The van der Waals surface area contributed by atoms with Gasteiger partial charge >= 0.3 is 0 Å². The number of rotatable bonds is 6. The van der Waals surface area contributed by atoms with E-state index in [0.717, 1.165) is 25.4 Å². The smallest absolute Gasteiger partial charge is 0.0962 e. The SMILES string of the molecule is CCNCc1sc(C2CCC2)nc1CC(C)C. The molecule has 1 aromatic rings. The Labute approximate surface area is 109 Å². The molecule has 1 fully saturated rings. The van der Waals surface area contributed by atoms with Crippen LogP contribution < -0.4 is 5.32 Å². The minimum atomic E-state index is 0.701. The second-order valence-corrected chi connectivity index (χ2v) is 6.54. The third kappa shape index (κ3) is 3.29. The van der Waals surface area contributed by atoms with Gasteiger partial charge in [0.15, 0.2) is 0 Å². The van der Waals surface area contributed by atoms with Gasteiger partial charge in [-0.05, 0) is 31.7 Å². The average Bonchev–Trinajstić information content (AvgIpc) is 2.54. The normalized spacial score (nSPS) is 16.5. The molecule has 0 unspecified atom stereocenters. The number of thiazole rings is 1. The van der Waals surface area contributed by atoms with Crippen molar-refractivity contribution < 1.29 is 0 Å². The highest BCUT2D eigenvalue weighted by Crippen LogP contribution is 2.39. The van der Waals surface area contributed by atoms with Gasteiger partial charge in [-0.1, -0.05) is 27.2 Å². The molecule has 1 aromatic heterocycles. The summed E-state index contributed by atoms with van der Waals surface area (Å²) in [4.78, 5) is 6.38. The van der Waals surface area contributed by atoms with Gasteiger partial charge in [0.2, 0.25) is 0 Å². The van der Waals surface area contributed by atoms with Crippen LogP contribution in [0.1, 0.15) is 61.5 Å². The van der Waals surface area contributed by atoms with E-state index >= 15 is 0 Å². The molecule has 1 heterocycles. The van der Waals surface area contributed by atoms with Gasteiger partial charge in [-0.3, -0.25) is 0 Å². The number of hydrogen-bond donors (Lipinski definition) is 1. The molecular formula is C14H24N2S. The Morgan fingerprint density at radius 3 is 2.71 bits per heavy atom. The van der Waals surface area contributed by atoms with E-state index in [9.17, 15) is 0 Å². The number of nitrogens with zero attached hydrogens (tertiary/aromatic N) is 1. The Morgan fingerprint density at radius 1 is 1.41 bits per heavy atom. The lowest BCUT2D eigenvalue weighted by molar-refractivity contribution is 0.417. The van der Waals surface area contributed by atoms with Crippen LogP contribution in [0.15, 0.2) is 0 Å². The lowest BCUT2D eigenvalue weighted by Gasteiger charge is -2.22. The Hall–Kier alpha value is -0.410. The van der Waals surface area contributed by atoms with Crippen LogP contribution in [0.5, 0.6) is 0 Å². The fourth-order valence-corrected chi connectivity index (χ4v) is 3.39. The molecular weight excluding hydrogens is 228 g/mol. The summed E-state index contributed by atoms with van der Waals surface area (Å²) < 4.78 is 0. The highest BCUT2D eigenvalue weighted by molar-refractivity contribution is 7.11. The van der Waals surface area contributed by atoms with Crippen LogP contribution in [-0.4, -0.2) is 11.5 Å². The predicted molar refractivity (Wildman–Crippen MR) is 74.6 cm³/mol. The first kappa shape index (κ1) is 13.0. The van der Waals surface area contributed by atoms with Crippen molar-refractivity contribution in [2.45, 2.75) is 58.9 Å². The van der Waals surface area contributed by atoms with Crippen LogP contribution >= 0.6 is 11.3 Å². The number of nitrogens with one attached hydrogen (secondary N) is 1. The van der Waals surface area contributed by atoms with Gasteiger partial charge in [0, 0.05) is 17.3 Å². The van der Waals surface area contributed by atoms with Gasteiger partial charge in [0.05, 0.1) is 10.7 Å². The summed E-state index contributed by atoms with van der Waals surface area (Å²) in [5, 5.41) is 4.84. The van der Waals surface area contributed by atoms with E-state index in [1.54, 1.807) is 0 Å². The van der Waals surface area contributed by atoms with Crippen LogP contribution in [0.3, 0.4) is 0 Å². The Morgan fingerprint density at radius 2 is 2.18 bits per heavy atom. The molecule has 1 aliphatic rings. The Bertz CT molecular complexity index is 353. The monoisotopic (exact) mass is 252 g/mol. The zero-order valence-electron chi connectivity index (χ0n) is 11.3. The molecule has 0 radical (unpaired) electrons. The first-order chi connectivity index (χ1) is 8.20. The first-order valence-corrected chi connectivity index (χ1v) is 7.71. The molecule has 1 saturated carbocycles. The molecule has 0 atom stereocenters. The van der Waals surface area contributed by atoms with E-state index in [-0.39, 0.29) is 0 Å². The Kier molecular flexibility index (Phi) is 4.57. The number of aromatic nitrogens is 1. The van der Waals surface area contributed by atoms with Crippen molar-refractivity contribution in [2.24, 2.45) is 5.92 Å². The van der Waals surface area contributed by atoms with E-state index in [2.05, 4.69) is 26.1 Å². The van der Waals surface area contributed by atoms with Gasteiger partial charge in [0.1, 0.15) is 0 Å². The van der Waals surface area contributed by atoms with Crippen molar-refractivity contribution in [3.8, 4) is 0 Å². The lowest BCUT2D eigenvalue weighted by Crippen LogP contribution is -2.12. The molecule has 2 rings (SSSR count). The molecule has 0 spiro atoms. The molecule has 2 nitrogen and oxygen atoms in total. The lowest BCUT2D eigenvalue weighted by atomic mass is 9.86. The predicted octanol–water partition coefficient (Wildman–Crippen LogP) is 3.72. The maximum Gasteiger partial charge on any atom is 0.0962 e. The molecule has 1 N–H and O–H groups in total. The summed E-state index contributed by atoms with van der Waals surface area (Å²) in [7, 11) is 0. The maximum absolute atomic E-state index is 4.90.